The predicted octanol–water partition coefficient (Wildman–Crippen LogP) is 3.03. The summed E-state index contributed by atoms with van der Waals surface area (Å²) in [5.74, 6) is -0.00217. The maximum absolute atomic E-state index is 11.7. The van der Waals surface area contributed by atoms with Crippen molar-refractivity contribution in [1.82, 2.24) is 4.90 Å². The van der Waals surface area contributed by atoms with Crippen LogP contribution in [0.25, 0.3) is 0 Å². The highest BCUT2D eigenvalue weighted by atomic mass is 32.2. The third kappa shape index (κ3) is 11.8. The van der Waals surface area contributed by atoms with E-state index in [4.69, 9.17) is 8.92 Å². The third-order valence-corrected chi connectivity index (χ3v) is 4.21. The van der Waals surface area contributed by atoms with Crippen LogP contribution in [-0.2, 0) is 19.0 Å². The predicted molar refractivity (Wildman–Crippen MR) is 87.3 cm³/mol. The van der Waals surface area contributed by atoms with Crippen LogP contribution in [0.1, 0.15) is 54.4 Å². The molecule has 132 valence electrons. The fourth-order valence-electron chi connectivity index (χ4n) is 1.64. The molecule has 7 heteroatoms. The molecule has 0 spiro atoms. The lowest BCUT2D eigenvalue weighted by Crippen LogP contribution is -2.34. The lowest BCUT2D eigenvalue weighted by molar-refractivity contribution is 0.0294. The van der Waals surface area contributed by atoms with Gasteiger partial charge in [-0.25, -0.2) is 4.79 Å². The summed E-state index contributed by atoms with van der Waals surface area (Å²) in [6.07, 6.45) is 0.839. The fraction of sp³-hybridized carbons (Fsp3) is 0.933. The van der Waals surface area contributed by atoms with Gasteiger partial charge in [0.15, 0.2) is 0 Å². The molecule has 6 nitrogen and oxygen atoms in total. The summed E-state index contributed by atoms with van der Waals surface area (Å²) < 4.78 is 33.6. The van der Waals surface area contributed by atoms with Crippen LogP contribution in [0, 0.1) is 5.41 Å². The Morgan fingerprint density at radius 1 is 1.05 bits per heavy atom. The molecule has 0 aromatic heterocycles. The molecular weight excluding hydrogens is 306 g/mol. The topological polar surface area (TPSA) is 72.9 Å². The zero-order chi connectivity index (χ0) is 17.6. The van der Waals surface area contributed by atoms with Crippen LogP contribution in [0.2, 0.25) is 0 Å². The summed E-state index contributed by atoms with van der Waals surface area (Å²) in [6, 6.07) is 0. The molecule has 0 fully saturated rings. The largest absolute Gasteiger partial charge is 0.444 e. The van der Waals surface area contributed by atoms with Crippen LogP contribution in [0.4, 0.5) is 4.79 Å². The van der Waals surface area contributed by atoms with Gasteiger partial charge >= 0.3 is 6.09 Å². The first-order valence-electron chi connectivity index (χ1n) is 7.53. The highest BCUT2D eigenvalue weighted by molar-refractivity contribution is 7.86. The van der Waals surface area contributed by atoms with Crippen LogP contribution >= 0.6 is 0 Å². The summed E-state index contributed by atoms with van der Waals surface area (Å²) in [6.45, 7) is 11.6. The minimum atomic E-state index is -3.49. The number of carbonyl (C=O) groups excluding carboxylic acids is 1. The van der Waals surface area contributed by atoms with Crippen molar-refractivity contribution in [1.29, 1.82) is 0 Å². The molecule has 0 atom stereocenters. The molecule has 1 amide bonds. The van der Waals surface area contributed by atoms with E-state index in [1.54, 1.807) is 7.05 Å². The highest BCUT2D eigenvalue weighted by Gasteiger charge is 2.22. The van der Waals surface area contributed by atoms with E-state index in [0.29, 0.717) is 19.4 Å². The number of carbonyl (C=O) groups is 1. The van der Waals surface area contributed by atoms with Gasteiger partial charge in [0.25, 0.3) is 10.1 Å². The number of ether oxygens (including phenoxy) is 1. The van der Waals surface area contributed by atoms with Crippen LogP contribution in [0.15, 0.2) is 0 Å². The minimum Gasteiger partial charge on any atom is -0.444 e. The van der Waals surface area contributed by atoms with Crippen molar-refractivity contribution in [2.75, 3.05) is 26.0 Å². The zero-order valence-corrected chi connectivity index (χ0v) is 15.7. The van der Waals surface area contributed by atoms with Crippen LogP contribution in [-0.4, -0.2) is 51.0 Å². The van der Waals surface area contributed by atoms with Crippen molar-refractivity contribution in [3.05, 3.63) is 0 Å². The van der Waals surface area contributed by atoms with Gasteiger partial charge in [0.1, 0.15) is 5.60 Å². The van der Waals surface area contributed by atoms with Gasteiger partial charge in [-0.15, -0.1) is 0 Å². The van der Waals surface area contributed by atoms with Gasteiger partial charge in [0.2, 0.25) is 0 Å². The molecule has 0 aliphatic carbocycles. The first-order chi connectivity index (χ1) is 9.72. The van der Waals surface area contributed by atoms with E-state index in [1.807, 2.05) is 41.5 Å². The minimum absolute atomic E-state index is 0.00217. The zero-order valence-electron chi connectivity index (χ0n) is 14.9. The van der Waals surface area contributed by atoms with E-state index in [9.17, 15) is 13.2 Å². The number of rotatable bonds is 7. The maximum Gasteiger partial charge on any atom is 0.410 e. The molecule has 0 radical (unpaired) electrons. The average Bonchev–Trinajstić information content (AvgIpc) is 2.22. The second-order valence-corrected chi connectivity index (χ2v) is 9.33. The van der Waals surface area contributed by atoms with E-state index < -0.39 is 15.7 Å². The molecule has 22 heavy (non-hydrogen) atoms. The number of hydrogen-bond donors (Lipinski definition) is 0. The Balaban J connectivity index is 3.97. The van der Waals surface area contributed by atoms with Gasteiger partial charge in [0, 0.05) is 13.6 Å². The van der Waals surface area contributed by atoms with E-state index in [-0.39, 0.29) is 23.9 Å². The quantitative estimate of drug-likeness (QED) is 0.527. The first-order valence-corrected chi connectivity index (χ1v) is 9.11. The molecule has 0 aromatic carbocycles. The van der Waals surface area contributed by atoms with Crippen molar-refractivity contribution in [2.45, 2.75) is 60.0 Å². The van der Waals surface area contributed by atoms with Crippen LogP contribution < -0.4 is 0 Å². The molecule has 0 saturated carbocycles. The maximum atomic E-state index is 11.7. The van der Waals surface area contributed by atoms with E-state index in [2.05, 4.69) is 0 Å². The van der Waals surface area contributed by atoms with Gasteiger partial charge in [-0.3, -0.25) is 4.18 Å². The summed E-state index contributed by atoms with van der Waals surface area (Å²) in [5, 5.41) is 0. The number of amides is 1. The second-order valence-electron chi connectivity index (χ2n) is 7.69. The Labute approximate surface area is 135 Å². The smallest absolute Gasteiger partial charge is 0.410 e. The molecule has 0 saturated heterocycles. The molecule has 0 aliphatic heterocycles. The molecule has 0 aromatic rings. The summed E-state index contributed by atoms with van der Waals surface area (Å²) in [7, 11) is -1.83. The standard InChI is InChI=1S/C15H31NO5S/c1-14(2,3)12-22(18,19)20-11-9-8-10-16(7)13(17)21-15(4,5)6/h8-12H2,1-7H3. The van der Waals surface area contributed by atoms with Crippen LogP contribution in [0.3, 0.4) is 0 Å². The van der Waals surface area contributed by atoms with E-state index in [1.165, 1.54) is 4.90 Å². The van der Waals surface area contributed by atoms with Crippen LogP contribution in [0.5, 0.6) is 0 Å². The number of unbranched alkanes of at least 4 members (excludes halogenated alkanes) is 1. The molecule has 0 heterocycles. The van der Waals surface area contributed by atoms with Crippen molar-refractivity contribution in [3.8, 4) is 0 Å². The summed E-state index contributed by atoms with van der Waals surface area (Å²) in [5.41, 5.74) is -0.842. The second kappa shape index (κ2) is 8.15. The SMILES string of the molecule is CN(CCCCOS(=O)(=O)CC(C)(C)C)C(=O)OC(C)(C)C. The Kier molecular flexibility index (Phi) is 7.85. The van der Waals surface area contributed by atoms with Gasteiger partial charge in [-0.05, 0) is 39.0 Å². The Bertz CT molecular complexity index is 446. The normalized spacial score (nSPS) is 13.0. The molecule has 0 N–H and O–H groups in total. The summed E-state index contributed by atoms with van der Waals surface area (Å²) >= 11 is 0. The Morgan fingerprint density at radius 2 is 1.59 bits per heavy atom. The number of hydrogen-bond acceptors (Lipinski definition) is 5. The Morgan fingerprint density at radius 3 is 2.05 bits per heavy atom. The van der Waals surface area contributed by atoms with Crippen molar-refractivity contribution in [2.24, 2.45) is 5.41 Å². The third-order valence-electron chi connectivity index (χ3n) is 2.47. The average molecular weight is 337 g/mol. The molecular formula is C15H31NO5S. The van der Waals surface area contributed by atoms with Crippen molar-refractivity contribution >= 4 is 16.2 Å². The van der Waals surface area contributed by atoms with Gasteiger partial charge in [0.05, 0.1) is 12.4 Å². The monoisotopic (exact) mass is 337 g/mol. The highest BCUT2D eigenvalue weighted by Crippen LogP contribution is 2.17. The summed E-state index contributed by atoms with van der Waals surface area (Å²) in [4.78, 5) is 13.2. The van der Waals surface area contributed by atoms with E-state index >= 15 is 0 Å². The van der Waals surface area contributed by atoms with Gasteiger partial charge in [-0.2, -0.15) is 8.42 Å². The Hall–Kier alpha value is -0.820. The van der Waals surface area contributed by atoms with Gasteiger partial charge < -0.3 is 9.64 Å². The van der Waals surface area contributed by atoms with Gasteiger partial charge in [-0.1, -0.05) is 20.8 Å². The lowest BCUT2D eigenvalue weighted by Gasteiger charge is -2.24. The molecule has 0 aliphatic rings. The molecule has 0 bridgehead atoms. The van der Waals surface area contributed by atoms with Crippen molar-refractivity contribution < 1.29 is 22.1 Å². The van der Waals surface area contributed by atoms with Crippen molar-refractivity contribution in [3.63, 3.8) is 0 Å². The molecule has 0 unspecified atom stereocenters. The fourth-order valence-corrected chi connectivity index (χ4v) is 3.16. The first kappa shape index (κ1) is 21.2. The van der Waals surface area contributed by atoms with E-state index in [0.717, 1.165) is 0 Å². The number of nitrogens with zero attached hydrogens (tertiary/aromatic N) is 1. The molecule has 0 rings (SSSR count). The lowest BCUT2D eigenvalue weighted by atomic mass is 10.0.